The van der Waals surface area contributed by atoms with Gasteiger partial charge >= 0.3 is 0 Å². The van der Waals surface area contributed by atoms with Crippen LogP contribution in [0.5, 0.6) is 0 Å². The third kappa shape index (κ3) is 2.19. The first-order valence-electron chi connectivity index (χ1n) is 5.39. The summed E-state index contributed by atoms with van der Waals surface area (Å²) in [6, 6.07) is 16.2. The normalized spacial score (nSPS) is 10.1. The SMILES string of the molecule is Cc1c(C=O)cccc1Cc1ccccc1. The predicted octanol–water partition coefficient (Wildman–Crippen LogP) is 3.40. The minimum Gasteiger partial charge on any atom is -0.298 e. The molecule has 80 valence electrons. The zero-order valence-corrected chi connectivity index (χ0v) is 9.31. The molecule has 0 radical (unpaired) electrons. The predicted molar refractivity (Wildman–Crippen MR) is 65.8 cm³/mol. The Morgan fingerprint density at radius 1 is 1.00 bits per heavy atom. The van der Waals surface area contributed by atoms with Gasteiger partial charge in [0, 0.05) is 5.56 Å². The van der Waals surface area contributed by atoms with Gasteiger partial charge in [0.2, 0.25) is 0 Å². The maximum atomic E-state index is 10.8. The van der Waals surface area contributed by atoms with Crippen molar-refractivity contribution in [1.29, 1.82) is 0 Å². The number of carbonyl (C=O) groups excluding carboxylic acids is 1. The van der Waals surface area contributed by atoms with Crippen molar-refractivity contribution in [3.8, 4) is 0 Å². The van der Waals surface area contributed by atoms with Crippen molar-refractivity contribution in [1.82, 2.24) is 0 Å². The van der Waals surface area contributed by atoms with Gasteiger partial charge in [0.05, 0.1) is 0 Å². The van der Waals surface area contributed by atoms with Crippen LogP contribution >= 0.6 is 0 Å². The van der Waals surface area contributed by atoms with Crippen LogP contribution < -0.4 is 0 Å². The molecular weight excluding hydrogens is 196 g/mol. The molecule has 0 amide bonds. The van der Waals surface area contributed by atoms with Crippen LogP contribution in [0.4, 0.5) is 0 Å². The van der Waals surface area contributed by atoms with Crippen molar-refractivity contribution < 1.29 is 4.79 Å². The number of hydrogen-bond donors (Lipinski definition) is 0. The Morgan fingerprint density at radius 3 is 2.44 bits per heavy atom. The number of aldehydes is 1. The molecule has 0 fully saturated rings. The Balaban J connectivity index is 2.32. The summed E-state index contributed by atoms with van der Waals surface area (Å²) in [5, 5.41) is 0. The summed E-state index contributed by atoms with van der Waals surface area (Å²) >= 11 is 0. The number of hydrogen-bond acceptors (Lipinski definition) is 1. The van der Waals surface area contributed by atoms with E-state index >= 15 is 0 Å². The van der Waals surface area contributed by atoms with E-state index in [1.54, 1.807) is 0 Å². The summed E-state index contributed by atoms with van der Waals surface area (Å²) in [6.07, 6.45) is 1.80. The molecule has 0 spiro atoms. The van der Waals surface area contributed by atoms with E-state index in [2.05, 4.69) is 18.2 Å². The second-order valence-electron chi connectivity index (χ2n) is 3.91. The third-order valence-corrected chi connectivity index (χ3v) is 2.85. The van der Waals surface area contributed by atoms with Gasteiger partial charge in [0.15, 0.2) is 0 Å². The van der Waals surface area contributed by atoms with Gasteiger partial charge in [-0.3, -0.25) is 4.79 Å². The van der Waals surface area contributed by atoms with E-state index in [1.807, 2.05) is 37.3 Å². The lowest BCUT2D eigenvalue weighted by molar-refractivity contribution is 0.112. The van der Waals surface area contributed by atoms with E-state index < -0.39 is 0 Å². The number of carbonyl (C=O) groups is 1. The van der Waals surface area contributed by atoms with Crippen LogP contribution in [0.15, 0.2) is 48.5 Å². The smallest absolute Gasteiger partial charge is 0.150 e. The fraction of sp³-hybridized carbons (Fsp3) is 0.133. The average molecular weight is 210 g/mol. The molecule has 0 heterocycles. The number of benzene rings is 2. The molecule has 0 bridgehead atoms. The summed E-state index contributed by atoms with van der Waals surface area (Å²) in [4.78, 5) is 10.8. The van der Waals surface area contributed by atoms with Crippen molar-refractivity contribution in [3.05, 3.63) is 70.8 Å². The van der Waals surface area contributed by atoms with E-state index in [9.17, 15) is 4.79 Å². The zero-order chi connectivity index (χ0) is 11.4. The molecule has 0 aliphatic heterocycles. The van der Waals surface area contributed by atoms with Crippen molar-refractivity contribution >= 4 is 6.29 Å². The lowest BCUT2D eigenvalue weighted by atomic mass is 9.97. The molecule has 0 unspecified atom stereocenters. The van der Waals surface area contributed by atoms with Gasteiger partial charge in [-0.1, -0.05) is 48.5 Å². The minimum absolute atomic E-state index is 0.786. The van der Waals surface area contributed by atoms with Gasteiger partial charge < -0.3 is 0 Å². The maximum Gasteiger partial charge on any atom is 0.150 e. The molecule has 0 N–H and O–H groups in total. The van der Waals surface area contributed by atoms with Crippen molar-refractivity contribution in [2.45, 2.75) is 13.3 Å². The fourth-order valence-corrected chi connectivity index (χ4v) is 1.84. The topological polar surface area (TPSA) is 17.1 Å². The molecule has 0 aliphatic rings. The summed E-state index contributed by atoms with van der Waals surface area (Å²) in [5.41, 5.74) is 4.36. The van der Waals surface area contributed by atoms with Crippen molar-refractivity contribution in [2.24, 2.45) is 0 Å². The van der Waals surface area contributed by atoms with Gasteiger partial charge in [-0.25, -0.2) is 0 Å². The summed E-state index contributed by atoms with van der Waals surface area (Å²) in [6.45, 7) is 2.00. The van der Waals surface area contributed by atoms with Gasteiger partial charge in [-0.15, -0.1) is 0 Å². The van der Waals surface area contributed by atoms with Crippen LogP contribution in [-0.2, 0) is 6.42 Å². The highest BCUT2D eigenvalue weighted by atomic mass is 16.1. The van der Waals surface area contributed by atoms with Crippen LogP contribution in [0, 0.1) is 6.92 Å². The van der Waals surface area contributed by atoms with Crippen LogP contribution in [0.2, 0.25) is 0 Å². The summed E-state index contributed by atoms with van der Waals surface area (Å²) < 4.78 is 0. The highest BCUT2D eigenvalue weighted by Gasteiger charge is 2.03. The lowest BCUT2D eigenvalue weighted by Crippen LogP contribution is -1.95. The molecular formula is C15H14O. The average Bonchev–Trinajstić information content (AvgIpc) is 2.33. The van der Waals surface area contributed by atoms with Crippen molar-refractivity contribution in [2.75, 3.05) is 0 Å². The fourth-order valence-electron chi connectivity index (χ4n) is 1.84. The molecule has 0 saturated carbocycles. The first-order valence-corrected chi connectivity index (χ1v) is 5.39. The van der Waals surface area contributed by atoms with Gasteiger partial charge in [0.25, 0.3) is 0 Å². The quantitative estimate of drug-likeness (QED) is 0.710. The van der Waals surface area contributed by atoms with E-state index in [0.29, 0.717) is 0 Å². The Morgan fingerprint density at radius 2 is 1.75 bits per heavy atom. The van der Waals surface area contributed by atoms with Gasteiger partial charge in [-0.05, 0) is 30.0 Å². The van der Waals surface area contributed by atoms with Crippen LogP contribution in [0.3, 0.4) is 0 Å². The van der Waals surface area contributed by atoms with Gasteiger partial charge in [-0.2, -0.15) is 0 Å². The first kappa shape index (κ1) is 10.6. The van der Waals surface area contributed by atoms with Crippen LogP contribution in [0.25, 0.3) is 0 Å². The summed E-state index contributed by atoms with van der Waals surface area (Å²) in [5.74, 6) is 0. The van der Waals surface area contributed by atoms with E-state index in [1.165, 1.54) is 11.1 Å². The third-order valence-electron chi connectivity index (χ3n) is 2.85. The molecule has 1 heteroatoms. The van der Waals surface area contributed by atoms with Crippen molar-refractivity contribution in [3.63, 3.8) is 0 Å². The molecule has 1 nitrogen and oxygen atoms in total. The molecule has 16 heavy (non-hydrogen) atoms. The maximum absolute atomic E-state index is 10.8. The minimum atomic E-state index is 0.786. The highest BCUT2D eigenvalue weighted by Crippen LogP contribution is 2.16. The van der Waals surface area contributed by atoms with E-state index in [0.717, 1.165) is 23.8 Å². The summed E-state index contributed by atoms with van der Waals surface area (Å²) in [7, 11) is 0. The largest absolute Gasteiger partial charge is 0.298 e. The second-order valence-corrected chi connectivity index (χ2v) is 3.91. The molecule has 0 aliphatic carbocycles. The van der Waals surface area contributed by atoms with Crippen LogP contribution in [0.1, 0.15) is 27.0 Å². The molecule has 0 atom stereocenters. The number of rotatable bonds is 3. The second kappa shape index (κ2) is 4.75. The molecule has 0 saturated heterocycles. The monoisotopic (exact) mass is 210 g/mol. The van der Waals surface area contributed by atoms with Crippen LogP contribution in [-0.4, -0.2) is 6.29 Å². The Labute approximate surface area is 95.7 Å². The molecule has 2 rings (SSSR count). The first-order chi connectivity index (χ1) is 7.81. The van der Waals surface area contributed by atoms with Gasteiger partial charge in [0.1, 0.15) is 6.29 Å². The Kier molecular flexibility index (Phi) is 3.16. The lowest BCUT2D eigenvalue weighted by Gasteiger charge is -2.07. The Bertz CT molecular complexity index is 486. The molecule has 2 aromatic rings. The zero-order valence-electron chi connectivity index (χ0n) is 9.31. The molecule has 0 aromatic heterocycles. The van der Waals surface area contributed by atoms with E-state index in [-0.39, 0.29) is 0 Å². The highest BCUT2D eigenvalue weighted by molar-refractivity contribution is 5.77. The molecule has 2 aromatic carbocycles. The Hall–Kier alpha value is -1.89. The standard InChI is InChI=1S/C15H14O/c1-12-14(8-5-9-15(12)11-16)10-13-6-3-2-4-7-13/h2-9,11H,10H2,1H3. The van der Waals surface area contributed by atoms with E-state index in [4.69, 9.17) is 0 Å².